The van der Waals surface area contributed by atoms with E-state index in [0.717, 1.165) is 37.7 Å². The summed E-state index contributed by atoms with van der Waals surface area (Å²) in [6, 6.07) is 5.72. The molecule has 1 fully saturated rings. The standard InChI is InChI=1S/C23H30O4/c1-16-9-10-19(15-17(16)2)21(24)13-11-18-12-14-22(25)20(18)7-5-3-4-6-8-23(26)27/h9-11,13,15,18,20H,3-8,12,14H2,1-2H3,(H,26,27)/t18-,20+/m1/s1. The van der Waals surface area contributed by atoms with Gasteiger partial charge in [0.15, 0.2) is 5.78 Å². The Kier molecular flexibility index (Phi) is 7.96. The van der Waals surface area contributed by atoms with Crippen LogP contribution < -0.4 is 0 Å². The lowest BCUT2D eigenvalue weighted by Crippen LogP contribution is -2.13. The van der Waals surface area contributed by atoms with Crippen molar-refractivity contribution >= 4 is 17.5 Å². The van der Waals surface area contributed by atoms with Gasteiger partial charge >= 0.3 is 5.97 Å². The number of benzene rings is 1. The number of Topliss-reactive ketones (excluding diaryl/α,β-unsaturated/α-hetero) is 1. The van der Waals surface area contributed by atoms with Gasteiger partial charge in [0.2, 0.25) is 0 Å². The quantitative estimate of drug-likeness (QED) is 0.355. The van der Waals surface area contributed by atoms with E-state index in [1.54, 1.807) is 6.08 Å². The largest absolute Gasteiger partial charge is 0.481 e. The van der Waals surface area contributed by atoms with Gasteiger partial charge in [-0.25, -0.2) is 0 Å². The summed E-state index contributed by atoms with van der Waals surface area (Å²) in [5.41, 5.74) is 2.96. The number of allylic oxidation sites excluding steroid dienone is 2. The second kappa shape index (κ2) is 10.2. The number of carbonyl (C=O) groups excluding carboxylic acids is 2. The molecule has 0 amide bonds. The molecule has 1 aromatic rings. The van der Waals surface area contributed by atoms with E-state index in [9.17, 15) is 14.4 Å². The van der Waals surface area contributed by atoms with Crippen LogP contribution in [0.3, 0.4) is 0 Å². The summed E-state index contributed by atoms with van der Waals surface area (Å²) in [5.74, 6) is -0.307. The minimum absolute atomic E-state index is 0.00766. The maximum absolute atomic E-state index is 12.4. The van der Waals surface area contributed by atoms with Crippen molar-refractivity contribution in [3.05, 3.63) is 47.0 Å². The third-order valence-corrected chi connectivity index (χ3v) is 5.60. The van der Waals surface area contributed by atoms with Crippen molar-refractivity contribution in [1.29, 1.82) is 0 Å². The molecule has 27 heavy (non-hydrogen) atoms. The fraction of sp³-hybridized carbons (Fsp3) is 0.522. The lowest BCUT2D eigenvalue weighted by molar-refractivity contribution is -0.137. The number of carboxylic acid groups (broad SMARTS) is 1. The molecule has 0 radical (unpaired) electrons. The number of aliphatic carboxylic acids is 1. The SMILES string of the molecule is Cc1ccc(C(=O)C=C[C@@H]2CCC(=O)[C@H]2CCCCCCC(=O)O)cc1C. The molecule has 4 heteroatoms. The van der Waals surface area contributed by atoms with Gasteiger partial charge in [0.1, 0.15) is 5.78 Å². The Hall–Kier alpha value is -2.23. The number of ketones is 2. The maximum Gasteiger partial charge on any atom is 0.303 e. The zero-order valence-electron chi connectivity index (χ0n) is 16.4. The third-order valence-electron chi connectivity index (χ3n) is 5.60. The number of hydrogen-bond acceptors (Lipinski definition) is 3. The molecule has 0 heterocycles. The molecule has 0 aromatic heterocycles. The Labute approximate surface area is 161 Å². The molecule has 0 aliphatic heterocycles. The minimum Gasteiger partial charge on any atom is -0.481 e. The van der Waals surface area contributed by atoms with Crippen molar-refractivity contribution < 1.29 is 19.5 Å². The number of rotatable bonds is 10. The first-order valence-corrected chi connectivity index (χ1v) is 9.92. The van der Waals surface area contributed by atoms with Crippen LogP contribution in [-0.4, -0.2) is 22.6 Å². The Bertz CT molecular complexity index is 717. The predicted octanol–water partition coefficient (Wildman–Crippen LogP) is 5.06. The number of unbranched alkanes of at least 4 members (excludes halogenated alkanes) is 3. The molecule has 146 valence electrons. The second-order valence-electron chi connectivity index (χ2n) is 7.64. The van der Waals surface area contributed by atoms with Gasteiger partial charge in [0, 0.05) is 24.3 Å². The highest BCUT2D eigenvalue weighted by molar-refractivity contribution is 6.04. The van der Waals surface area contributed by atoms with Gasteiger partial charge in [-0.05, 0) is 62.3 Å². The van der Waals surface area contributed by atoms with E-state index in [2.05, 4.69) is 0 Å². The van der Waals surface area contributed by atoms with Crippen LogP contribution in [0.15, 0.2) is 30.4 Å². The highest BCUT2D eigenvalue weighted by Gasteiger charge is 2.32. The summed E-state index contributed by atoms with van der Waals surface area (Å²) in [7, 11) is 0. The molecule has 1 aliphatic rings. The van der Waals surface area contributed by atoms with E-state index in [0.29, 0.717) is 24.2 Å². The van der Waals surface area contributed by atoms with Crippen LogP contribution in [0.2, 0.25) is 0 Å². The van der Waals surface area contributed by atoms with Gasteiger partial charge in [-0.3, -0.25) is 14.4 Å². The summed E-state index contributed by atoms with van der Waals surface area (Å²) in [6.07, 6.45) is 9.49. The molecular weight excluding hydrogens is 340 g/mol. The van der Waals surface area contributed by atoms with Crippen LogP contribution >= 0.6 is 0 Å². The molecule has 0 spiro atoms. The first-order valence-electron chi connectivity index (χ1n) is 9.92. The summed E-state index contributed by atoms with van der Waals surface area (Å²) in [4.78, 5) is 35.1. The van der Waals surface area contributed by atoms with Crippen LogP contribution in [0, 0.1) is 25.7 Å². The smallest absolute Gasteiger partial charge is 0.303 e. The normalized spacial score (nSPS) is 19.7. The van der Waals surface area contributed by atoms with Gasteiger partial charge in [-0.1, -0.05) is 37.5 Å². The number of carboxylic acids is 1. The van der Waals surface area contributed by atoms with Crippen LogP contribution in [0.1, 0.15) is 72.9 Å². The molecule has 1 N–H and O–H groups in total. The molecule has 0 unspecified atom stereocenters. The van der Waals surface area contributed by atoms with Crippen LogP contribution in [-0.2, 0) is 9.59 Å². The lowest BCUT2D eigenvalue weighted by Gasteiger charge is -2.14. The Morgan fingerprint density at radius 3 is 2.56 bits per heavy atom. The Morgan fingerprint density at radius 1 is 1.11 bits per heavy atom. The fourth-order valence-electron chi connectivity index (χ4n) is 3.74. The zero-order chi connectivity index (χ0) is 19.8. The molecule has 1 saturated carbocycles. The van der Waals surface area contributed by atoms with Crippen molar-refractivity contribution in [1.82, 2.24) is 0 Å². The topological polar surface area (TPSA) is 71.4 Å². The van der Waals surface area contributed by atoms with E-state index < -0.39 is 5.97 Å². The van der Waals surface area contributed by atoms with Crippen LogP contribution in [0.4, 0.5) is 0 Å². The summed E-state index contributed by atoms with van der Waals surface area (Å²) in [5, 5.41) is 8.65. The van der Waals surface area contributed by atoms with Crippen LogP contribution in [0.25, 0.3) is 0 Å². The van der Waals surface area contributed by atoms with Crippen molar-refractivity contribution in [2.24, 2.45) is 11.8 Å². The van der Waals surface area contributed by atoms with Gasteiger partial charge in [-0.2, -0.15) is 0 Å². The fourth-order valence-corrected chi connectivity index (χ4v) is 3.74. The molecular formula is C23H30O4. The molecule has 2 atom stereocenters. The summed E-state index contributed by atoms with van der Waals surface area (Å²) < 4.78 is 0. The molecule has 2 rings (SSSR count). The lowest BCUT2D eigenvalue weighted by atomic mass is 9.89. The van der Waals surface area contributed by atoms with E-state index in [1.165, 1.54) is 5.56 Å². The average Bonchev–Trinajstić information content (AvgIpc) is 2.98. The Balaban J connectivity index is 1.85. The van der Waals surface area contributed by atoms with Gasteiger partial charge in [0.25, 0.3) is 0 Å². The van der Waals surface area contributed by atoms with Gasteiger partial charge < -0.3 is 5.11 Å². The van der Waals surface area contributed by atoms with E-state index >= 15 is 0 Å². The minimum atomic E-state index is -0.750. The zero-order valence-corrected chi connectivity index (χ0v) is 16.4. The Morgan fingerprint density at radius 2 is 1.85 bits per heavy atom. The average molecular weight is 370 g/mol. The summed E-state index contributed by atoms with van der Waals surface area (Å²) in [6.45, 7) is 4.02. The van der Waals surface area contributed by atoms with Gasteiger partial charge in [0.05, 0.1) is 0 Å². The van der Waals surface area contributed by atoms with Crippen LogP contribution in [0.5, 0.6) is 0 Å². The first-order chi connectivity index (χ1) is 12.9. The first kappa shape index (κ1) is 21.1. The summed E-state index contributed by atoms with van der Waals surface area (Å²) >= 11 is 0. The number of hydrogen-bond donors (Lipinski definition) is 1. The van der Waals surface area contributed by atoms with Crippen molar-refractivity contribution in [3.8, 4) is 0 Å². The molecule has 4 nitrogen and oxygen atoms in total. The third kappa shape index (κ3) is 6.46. The second-order valence-corrected chi connectivity index (χ2v) is 7.64. The number of carbonyl (C=O) groups is 3. The number of aryl methyl sites for hydroxylation is 2. The highest BCUT2D eigenvalue weighted by atomic mass is 16.4. The molecule has 1 aliphatic carbocycles. The van der Waals surface area contributed by atoms with E-state index in [4.69, 9.17) is 5.11 Å². The maximum atomic E-state index is 12.4. The van der Waals surface area contributed by atoms with Crippen molar-refractivity contribution in [3.63, 3.8) is 0 Å². The van der Waals surface area contributed by atoms with Crippen molar-refractivity contribution in [2.75, 3.05) is 0 Å². The van der Waals surface area contributed by atoms with Crippen molar-refractivity contribution in [2.45, 2.75) is 65.2 Å². The molecule has 0 saturated heterocycles. The highest BCUT2D eigenvalue weighted by Crippen LogP contribution is 2.34. The monoisotopic (exact) mass is 370 g/mol. The predicted molar refractivity (Wildman–Crippen MR) is 106 cm³/mol. The molecule has 0 bridgehead atoms. The van der Waals surface area contributed by atoms with E-state index in [-0.39, 0.29) is 24.0 Å². The van der Waals surface area contributed by atoms with Gasteiger partial charge in [-0.15, -0.1) is 0 Å². The van der Waals surface area contributed by atoms with E-state index in [1.807, 2.05) is 38.1 Å². The molecule has 1 aromatic carbocycles.